The molecule has 0 aromatic heterocycles. The van der Waals surface area contributed by atoms with Gasteiger partial charge in [0, 0.05) is 39.3 Å². The van der Waals surface area contributed by atoms with Crippen LogP contribution >= 0.6 is 0 Å². The summed E-state index contributed by atoms with van der Waals surface area (Å²) in [4.78, 5) is 5.45. The fourth-order valence-corrected chi connectivity index (χ4v) is 6.94. The quantitative estimate of drug-likeness (QED) is 0.534. The van der Waals surface area contributed by atoms with Crippen molar-refractivity contribution in [2.24, 2.45) is 0 Å². The summed E-state index contributed by atoms with van der Waals surface area (Å²) in [5.41, 5.74) is 3.17. The van der Waals surface area contributed by atoms with Crippen molar-refractivity contribution in [2.45, 2.75) is 70.6 Å². The highest BCUT2D eigenvalue weighted by Crippen LogP contribution is 2.36. The van der Waals surface area contributed by atoms with Crippen molar-refractivity contribution in [3.63, 3.8) is 0 Å². The van der Waals surface area contributed by atoms with Gasteiger partial charge in [0.1, 0.15) is 0 Å². The highest BCUT2D eigenvalue weighted by atomic mass is 32.2. The Hall–Kier alpha value is -0.990. The van der Waals surface area contributed by atoms with Gasteiger partial charge in [-0.05, 0) is 54.0 Å². The van der Waals surface area contributed by atoms with Gasteiger partial charge in [0.2, 0.25) is 10.0 Å². The third-order valence-corrected chi connectivity index (χ3v) is 9.09. The van der Waals surface area contributed by atoms with Crippen molar-refractivity contribution in [1.29, 1.82) is 0 Å². The van der Waals surface area contributed by atoms with E-state index in [-0.39, 0.29) is 11.8 Å². The summed E-state index contributed by atoms with van der Waals surface area (Å²) in [6.45, 7) is 21.4. The van der Waals surface area contributed by atoms with E-state index in [1.54, 1.807) is 4.31 Å². The molecule has 2 fully saturated rings. The molecule has 2 aliphatic rings. The molecule has 1 aromatic rings. The van der Waals surface area contributed by atoms with Gasteiger partial charge in [0.15, 0.2) is 0 Å². The molecule has 0 saturated carbocycles. The fourth-order valence-electron chi connectivity index (χ4n) is 4.85. The van der Waals surface area contributed by atoms with Crippen molar-refractivity contribution in [2.75, 3.05) is 65.6 Å². The van der Waals surface area contributed by atoms with E-state index in [9.17, 15) is 8.42 Å². The van der Waals surface area contributed by atoms with E-state index < -0.39 is 10.0 Å². The first-order chi connectivity index (χ1) is 15.6. The molecule has 2 aliphatic heterocycles. The lowest BCUT2D eigenvalue weighted by molar-refractivity contribution is 0.0356. The highest BCUT2D eigenvalue weighted by molar-refractivity contribution is 7.89. The second-order valence-corrected chi connectivity index (χ2v) is 12.4. The molecule has 0 amide bonds. The number of rotatable bonds is 9. The van der Waals surface area contributed by atoms with Crippen LogP contribution in [0.15, 0.2) is 17.0 Å². The molecule has 0 bridgehead atoms. The Morgan fingerprint density at radius 3 is 1.70 bits per heavy atom. The number of ether oxygens (including phenoxy) is 1. The average Bonchev–Trinajstić information content (AvgIpc) is 2.79. The maximum absolute atomic E-state index is 13.9. The minimum absolute atomic E-state index is 0.160. The molecule has 1 aromatic carbocycles. The molecule has 0 radical (unpaired) electrons. The lowest BCUT2D eigenvalue weighted by atomic mass is 9.89. The van der Waals surface area contributed by atoms with Gasteiger partial charge < -0.3 is 9.64 Å². The number of hydrogen-bond acceptors (Lipinski definition) is 5. The standard InChI is InChI=1S/C26H45N3O3S/c1-20(2)23-18-24(21(3)4)26(25(19-23)22(5)6)33(30,31)29-12-10-27(11-13-29)8-7-9-28-14-16-32-17-15-28/h18-22H,7-17H2,1-6H3. The number of morpholine rings is 1. The molecular weight excluding hydrogens is 434 g/mol. The monoisotopic (exact) mass is 479 g/mol. The summed E-state index contributed by atoms with van der Waals surface area (Å²) in [5, 5.41) is 0. The van der Waals surface area contributed by atoms with Crippen LogP contribution in [0.25, 0.3) is 0 Å². The maximum atomic E-state index is 13.9. The third-order valence-electron chi connectivity index (χ3n) is 7.06. The van der Waals surface area contributed by atoms with Crippen LogP contribution in [0.4, 0.5) is 0 Å². The van der Waals surface area contributed by atoms with E-state index in [1.807, 2.05) is 0 Å². The molecular formula is C26H45N3O3S. The summed E-state index contributed by atoms with van der Waals surface area (Å²) < 4.78 is 35.0. The zero-order valence-corrected chi connectivity index (χ0v) is 22.5. The summed E-state index contributed by atoms with van der Waals surface area (Å²) in [6, 6.07) is 4.27. The Kier molecular flexibility index (Phi) is 9.38. The van der Waals surface area contributed by atoms with Gasteiger partial charge in [-0.1, -0.05) is 53.7 Å². The van der Waals surface area contributed by atoms with E-state index in [0.717, 1.165) is 70.0 Å². The highest BCUT2D eigenvalue weighted by Gasteiger charge is 2.34. The Balaban J connectivity index is 1.71. The van der Waals surface area contributed by atoms with Crippen LogP contribution in [0.2, 0.25) is 0 Å². The van der Waals surface area contributed by atoms with Crippen LogP contribution in [0.3, 0.4) is 0 Å². The second kappa shape index (κ2) is 11.6. The second-order valence-electron chi connectivity index (χ2n) is 10.5. The number of benzene rings is 1. The van der Waals surface area contributed by atoms with Gasteiger partial charge in [-0.25, -0.2) is 8.42 Å². The number of piperazine rings is 1. The number of sulfonamides is 1. The van der Waals surface area contributed by atoms with Gasteiger partial charge in [0.05, 0.1) is 18.1 Å². The van der Waals surface area contributed by atoms with Crippen molar-refractivity contribution >= 4 is 10.0 Å². The van der Waals surface area contributed by atoms with Crippen molar-refractivity contribution in [3.05, 3.63) is 28.8 Å². The van der Waals surface area contributed by atoms with Gasteiger partial charge >= 0.3 is 0 Å². The van der Waals surface area contributed by atoms with Crippen molar-refractivity contribution in [3.8, 4) is 0 Å². The largest absolute Gasteiger partial charge is 0.379 e. The first kappa shape index (κ1) is 26.6. The van der Waals surface area contributed by atoms with Crippen LogP contribution in [-0.4, -0.2) is 88.1 Å². The minimum Gasteiger partial charge on any atom is -0.379 e. The molecule has 0 aliphatic carbocycles. The predicted octanol–water partition coefficient (Wildman–Crippen LogP) is 4.09. The molecule has 33 heavy (non-hydrogen) atoms. The van der Waals surface area contributed by atoms with Crippen LogP contribution in [0.1, 0.15) is 82.4 Å². The topological polar surface area (TPSA) is 53.1 Å². The number of hydrogen-bond donors (Lipinski definition) is 0. The molecule has 0 unspecified atom stereocenters. The first-order valence-electron chi connectivity index (χ1n) is 12.8. The van der Waals surface area contributed by atoms with Gasteiger partial charge in [-0.2, -0.15) is 4.31 Å². The molecule has 0 spiro atoms. The Morgan fingerprint density at radius 1 is 0.758 bits per heavy atom. The zero-order valence-electron chi connectivity index (χ0n) is 21.6. The Bertz CT molecular complexity index is 840. The minimum atomic E-state index is -3.53. The molecule has 7 heteroatoms. The first-order valence-corrected chi connectivity index (χ1v) is 14.3. The van der Waals surface area contributed by atoms with Crippen LogP contribution in [-0.2, 0) is 14.8 Å². The number of nitrogens with zero attached hydrogens (tertiary/aromatic N) is 3. The molecule has 0 atom stereocenters. The smallest absolute Gasteiger partial charge is 0.243 e. The van der Waals surface area contributed by atoms with E-state index in [2.05, 4.69) is 63.5 Å². The predicted molar refractivity (Wildman–Crippen MR) is 136 cm³/mol. The SMILES string of the molecule is CC(C)c1cc(C(C)C)c(S(=O)(=O)N2CCN(CCCN3CCOCC3)CC2)c(C(C)C)c1. The maximum Gasteiger partial charge on any atom is 0.243 e. The summed E-state index contributed by atoms with van der Waals surface area (Å²) in [6.07, 6.45) is 1.12. The van der Waals surface area contributed by atoms with Crippen molar-refractivity contribution in [1.82, 2.24) is 14.1 Å². The molecule has 3 rings (SSSR count). The normalized spacial score (nSPS) is 19.8. The lowest BCUT2D eigenvalue weighted by Crippen LogP contribution is -2.49. The fraction of sp³-hybridized carbons (Fsp3) is 0.769. The van der Waals surface area contributed by atoms with E-state index in [4.69, 9.17) is 4.74 Å². The van der Waals surface area contributed by atoms with E-state index >= 15 is 0 Å². The van der Waals surface area contributed by atoms with Gasteiger partial charge in [0.25, 0.3) is 0 Å². The average molecular weight is 480 g/mol. The Labute approximate surface area is 202 Å². The summed E-state index contributed by atoms with van der Waals surface area (Å²) >= 11 is 0. The van der Waals surface area contributed by atoms with Gasteiger partial charge in [-0.15, -0.1) is 0 Å². The molecule has 2 heterocycles. The van der Waals surface area contributed by atoms with E-state index in [1.165, 1.54) is 5.56 Å². The summed E-state index contributed by atoms with van der Waals surface area (Å²) in [7, 11) is -3.53. The molecule has 2 saturated heterocycles. The van der Waals surface area contributed by atoms with E-state index in [0.29, 0.717) is 23.9 Å². The molecule has 0 N–H and O–H groups in total. The van der Waals surface area contributed by atoms with Crippen LogP contribution < -0.4 is 0 Å². The lowest BCUT2D eigenvalue weighted by Gasteiger charge is -2.36. The summed E-state index contributed by atoms with van der Waals surface area (Å²) in [5.74, 6) is 0.692. The Morgan fingerprint density at radius 2 is 1.24 bits per heavy atom. The van der Waals surface area contributed by atoms with Crippen LogP contribution in [0, 0.1) is 0 Å². The third kappa shape index (κ3) is 6.57. The van der Waals surface area contributed by atoms with Crippen molar-refractivity contribution < 1.29 is 13.2 Å². The molecule has 6 nitrogen and oxygen atoms in total. The van der Waals surface area contributed by atoms with Gasteiger partial charge in [-0.3, -0.25) is 4.90 Å². The van der Waals surface area contributed by atoms with Crippen LogP contribution in [0.5, 0.6) is 0 Å². The molecule has 188 valence electrons. The zero-order chi connectivity index (χ0) is 24.2.